The van der Waals surface area contributed by atoms with Crippen molar-refractivity contribution in [3.8, 4) is 11.5 Å². The van der Waals surface area contributed by atoms with E-state index in [0.29, 0.717) is 36.2 Å². The molecular formula is C21H22FN7O2. The van der Waals surface area contributed by atoms with Gasteiger partial charge in [0.05, 0.1) is 6.54 Å². The molecule has 1 saturated heterocycles. The Bertz CT molecular complexity index is 1030. The third kappa shape index (κ3) is 5.04. The molecule has 0 bridgehead atoms. The molecule has 0 radical (unpaired) electrons. The Morgan fingerprint density at radius 1 is 1.03 bits per heavy atom. The van der Waals surface area contributed by atoms with Crippen molar-refractivity contribution in [2.45, 2.75) is 0 Å². The molecule has 3 aromatic rings. The second-order valence-corrected chi connectivity index (χ2v) is 6.99. The zero-order valence-electron chi connectivity index (χ0n) is 16.7. The smallest absolute Gasteiger partial charge is 0.262 e. The molecular weight excluding hydrogens is 401 g/mol. The van der Waals surface area contributed by atoms with Gasteiger partial charge in [0, 0.05) is 44.1 Å². The van der Waals surface area contributed by atoms with E-state index in [2.05, 4.69) is 30.1 Å². The van der Waals surface area contributed by atoms with Crippen LogP contribution >= 0.6 is 0 Å². The SMILES string of the molecule is O=C(CNc1cc(N2CCN(c3ccc(F)cc3)CC2)nc(-c2ccccn2)n1)NO. The minimum Gasteiger partial charge on any atom is -0.368 e. The number of nitrogens with one attached hydrogen (secondary N) is 2. The molecule has 0 atom stereocenters. The van der Waals surface area contributed by atoms with Crippen LogP contribution in [0.3, 0.4) is 0 Å². The molecule has 1 fully saturated rings. The maximum Gasteiger partial charge on any atom is 0.262 e. The summed E-state index contributed by atoms with van der Waals surface area (Å²) < 4.78 is 13.2. The molecule has 0 unspecified atom stereocenters. The van der Waals surface area contributed by atoms with Crippen molar-refractivity contribution < 1.29 is 14.4 Å². The first-order valence-corrected chi connectivity index (χ1v) is 9.85. The van der Waals surface area contributed by atoms with E-state index in [4.69, 9.17) is 5.21 Å². The number of hydrogen-bond acceptors (Lipinski definition) is 8. The summed E-state index contributed by atoms with van der Waals surface area (Å²) in [5.74, 6) is 0.773. The molecule has 1 aliphatic rings. The maximum absolute atomic E-state index is 13.2. The first-order valence-electron chi connectivity index (χ1n) is 9.85. The van der Waals surface area contributed by atoms with E-state index in [1.54, 1.807) is 29.9 Å². The molecule has 2 aromatic heterocycles. The first kappa shape index (κ1) is 20.5. The lowest BCUT2D eigenvalue weighted by Crippen LogP contribution is -2.46. The zero-order valence-corrected chi connectivity index (χ0v) is 16.7. The van der Waals surface area contributed by atoms with Crippen LogP contribution in [0, 0.1) is 5.82 Å². The van der Waals surface area contributed by atoms with Gasteiger partial charge in [-0.3, -0.25) is 15.0 Å². The van der Waals surface area contributed by atoms with Gasteiger partial charge in [-0.1, -0.05) is 6.07 Å². The van der Waals surface area contributed by atoms with E-state index in [9.17, 15) is 9.18 Å². The van der Waals surface area contributed by atoms with Crippen molar-refractivity contribution in [2.75, 3.05) is 47.8 Å². The van der Waals surface area contributed by atoms with E-state index in [1.165, 1.54) is 12.1 Å². The Labute approximate surface area is 178 Å². The number of hydrogen-bond donors (Lipinski definition) is 3. The Hall–Kier alpha value is -3.79. The van der Waals surface area contributed by atoms with Crippen LogP contribution in [0.5, 0.6) is 0 Å². The van der Waals surface area contributed by atoms with Crippen molar-refractivity contribution >= 4 is 23.2 Å². The fraction of sp³-hybridized carbons (Fsp3) is 0.238. The van der Waals surface area contributed by atoms with Crippen LogP contribution in [-0.2, 0) is 4.79 Å². The number of pyridine rings is 1. The summed E-state index contributed by atoms with van der Waals surface area (Å²) in [7, 11) is 0. The van der Waals surface area contributed by atoms with Gasteiger partial charge in [0.15, 0.2) is 5.82 Å². The monoisotopic (exact) mass is 423 g/mol. The third-order valence-electron chi connectivity index (χ3n) is 4.96. The Kier molecular flexibility index (Phi) is 6.18. The number of nitrogens with zero attached hydrogens (tertiary/aromatic N) is 5. The summed E-state index contributed by atoms with van der Waals surface area (Å²) in [6, 6.07) is 13.7. The van der Waals surface area contributed by atoms with Gasteiger partial charge < -0.3 is 15.1 Å². The number of halogens is 1. The van der Waals surface area contributed by atoms with Crippen LogP contribution in [0.2, 0.25) is 0 Å². The molecule has 160 valence electrons. The molecule has 3 N–H and O–H groups in total. The number of piperazine rings is 1. The molecule has 4 rings (SSSR count). The summed E-state index contributed by atoms with van der Waals surface area (Å²) in [5, 5.41) is 11.6. The van der Waals surface area contributed by atoms with Gasteiger partial charge in [-0.2, -0.15) is 0 Å². The highest BCUT2D eigenvalue weighted by molar-refractivity contribution is 5.79. The lowest BCUT2D eigenvalue weighted by Gasteiger charge is -2.36. The molecule has 10 heteroatoms. The molecule has 3 heterocycles. The van der Waals surface area contributed by atoms with Gasteiger partial charge in [0.1, 0.15) is 23.1 Å². The van der Waals surface area contributed by atoms with Crippen LogP contribution in [0.4, 0.5) is 21.7 Å². The quantitative estimate of drug-likeness (QED) is 0.408. The highest BCUT2D eigenvalue weighted by atomic mass is 19.1. The second kappa shape index (κ2) is 9.35. The minimum absolute atomic E-state index is 0.132. The van der Waals surface area contributed by atoms with Gasteiger partial charge in [-0.05, 0) is 36.4 Å². The topological polar surface area (TPSA) is 107 Å². The fourth-order valence-electron chi connectivity index (χ4n) is 3.35. The number of aromatic nitrogens is 3. The van der Waals surface area contributed by atoms with Gasteiger partial charge in [-0.15, -0.1) is 0 Å². The van der Waals surface area contributed by atoms with E-state index in [-0.39, 0.29) is 12.4 Å². The number of carbonyl (C=O) groups excluding carboxylic acids is 1. The summed E-state index contributed by atoms with van der Waals surface area (Å²) in [4.78, 5) is 29.2. The molecule has 31 heavy (non-hydrogen) atoms. The van der Waals surface area contributed by atoms with Crippen LogP contribution in [0.25, 0.3) is 11.5 Å². The van der Waals surface area contributed by atoms with Crippen molar-refractivity contribution in [3.05, 3.63) is 60.5 Å². The van der Waals surface area contributed by atoms with E-state index < -0.39 is 5.91 Å². The predicted molar refractivity (Wildman–Crippen MR) is 115 cm³/mol. The van der Waals surface area contributed by atoms with Crippen molar-refractivity contribution in [2.24, 2.45) is 0 Å². The Morgan fingerprint density at radius 3 is 2.45 bits per heavy atom. The fourth-order valence-corrected chi connectivity index (χ4v) is 3.35. The molecule has 1 amide bonds. The minimum atomic E-state index is -0.576. The van der Waals surface area contributed by atoms with Gasteiger partial charge >= 0.3 is 0 Å². The summed E-state index contributed by atoms with van der Waals surface area (Å²) in [6.45, 7) is 2.81. The standard InChI is InChI=1S/C21H22FN7O2/c22-15-4-6-16(7-5-15)28-9-11-29(12-10-28)19-13-18(24-14-20(30)27-31)25-21(26-19)17-3-1-2-8-23-17/h1-8,13,31H,9-12,14H2,(H,27,30)(H,24,25,26). The lowest BCUT2D eigenvalue weighted by atomic mass is 10.2. The molecule has 1 aliphatic heterocycles. The maximum atomic E-state index is 13.2. The van der Waals surface area contributed by atoms with Crippen LogP contribution in [0.15, 0.2) is 54.7 Å². The van der Waals surface area contributed by atoms with Crippen molar-refractivity contribution in [1.82, 2.24) is 20.4 Å². The highest BCUT2D eigenvalue weighted by Gasteiger charge is 2.20. The van der Waals surface area contributed by atoms with Crippen molar-refractivity contribution in [1.29, 1.82) is 0 Å². The summed E-state index contributed by atoms with van der Waals surface area (Å²) in [6.07, 6.45) is 1.67. The molecule has 0 spiro atoms. The van der Waals surface area contributed by atoms with Gasteiger partial charge in [0.25, 0.3) is 5.91 Å². The predicted octanol–water partition coefficient (Wildman–Crippen LogP) is 1.92. The summed E-state index contributed by atoms with van der Waals surface area (Å²) in [5.41, 5.74) is 3.18. The van der Waals surface area contributed by atoms with E-state index in [1.807, 2.05) is 18.2 Å². The third-order valence-corrected chi connectivity index (χ3v) is 4.96. The Morgan fingerprint density at radius 2 is 1.77 bits per heavy atom. The highest BCUT2D eigenvalue weighted by Crippen LogP contribution is 2.24. The van der Waals surface area contributed by atoms with Gasteiger partial charge in [-0.25, -0.2) is 19.8 Å². The average Bonchev–Trinajstić information content (AvgIpc) is 2.83. The number of amides is 1. The number of carbonyl (C=O) groups is 1. The molecule has 9 nitrogen and oxygen atoms in total. The van der Waals surface area contributed by atoms with Crippen molar-refractivity contribution in [3.63, 3.8) is 0 Å². The Balaban J connectivity index is 1.54. The van der Waals surface area contributed by atoms with Crippen LogP contribution < -0.4 is 20.6 Å². The van der Waals surface area contributed by atoms with Crippen LogP contribution in [-0.4, -0.2) is 58.8 Å². The molecule has 0 saturated carbocycles. The largest absolute Gasteiger partial charge is 0.368 e. The van der Waals surface area contributed by atoms with E-state index in [0.717, 1.165) is 18.8 Å². The van der Waals surface area contributed by atoms with Crippen LogP contribution in [0.1, 0.15) is 0 Å². The number of hydroxylamine groups is 1. The average molecular weight is 423 g/mol. The number of rotatable bonds is 6. The summed E-state index contributed by atoms with van der Waals surface area (Å²) >= 11 is 0. The van der Waals surface area contributed by atoms with Gasteiger partial charge in [0.2, 0.25) is 0 Å². The second-order valence-electron chi connectivity index (χ2n) is 6.99. The molecule has 0 aliphatic carbocycles. The molecule has 1 aromatic carbocycles. The number of benzene rings is 1. The van der Waals surface area contributed by atoms with E-state index >= 15 is 0 Å². The first-order chi connectivity index (χ1) is 15.1. The zero-order chi connectivity index (χ0) is 21.6. The number of anilines is 3. The lowest BCUT2D eigenvalue weighted by molar-refractivity contribution is -0.127. The normalized spacial score (nSPS) is 13.7.